The second-order valence-electron chi connectivity index (χ2n) is 9.38. The topological polar surface area (TPSA) is 48.7 Å². The van der Waals surface area contributed by atoms with Crippen LogP contribution in [0.2, 0.25) is 0 Å². The lowest BCUT2D eigenvalue weighted by Gasteiger charge is -2.42. The number of aliphatic imine (C=N–C) groups is 1. The molecule has 30 heavy (non-hydrogen) atoms. The quantitative estimate of drug-likeness (QED) is 0.586. The molecule has 6 nitrogen and oxygen atoms in total. The van der Waals surface area contributed by atoms with Crippen LogP contribution in [0.25, 0.3) is 0 Å². The van der Waals surface area contributed by atoms with Crippen molar-refractivity contribution in [2.75, 3.05) is 27.2 Å². The molecule has 0 aliphatic carbocycles. The predicted molar refractivity (Wildman–Crippen MR) is 125 cm³/mol. The van der Waals surface area contributed by atoms with E-state index in [1.54, 1.807) is 0 Å². The highest BCUT2D eigenvalue weighted by atomic mass is 15.3. The lowest BCUT2D eigenvalue weighted by molar-refractivity contribution is 0.106. The second-order valence-corrected chi connectivity index (χ2v) is 9.38. The largest absolute Gasteiger partial charge is 0.354 e. The van der Waals surface area contributed by atoms with E-state index in [0.717, 1.165) is 44.3 Å². The summed E-state index contributed by atoms with van der Waals surface area (Å²) in [7, 11) is 5.94. The highest BCUT2D eigenvalue weighted by Gasteiger charge is 2.30. The van der Waals surface area contributed by atoms with Gasteiger partial charge >= 0.3 is 0 Å². The first-order valence-electron chi connectivity index (χ1n) is 11.0. The molecular formula is C24H38N6. The van der Waals surface area contributed by atoms with Gasteiger partial charge in [-0.2, -0.15) is 5.10 Å². The summed E-state index contributed by atoms with van der Waals surface area (Å²) in [6.07, 6.45) is 3.24. The minimum Gasteiger partial charge on any atom is -0.354 e. The molecule has 1 aliphatic rings. The molecule has 2 heterocycles. The van der Waals surface area contributed by atoms with Crippen molar-refractivity contribution in [3.63, 3.8) is 0 Å². The van der Waals surface area contributed by atoms with Gasteiger partial charge in [0.05, 0.1) is 5.69 Å². The molecule has 164 valence electrons. The zero-order valence-electron chi connectivity index (χ0n) is 19.7. The average Bonchev–Trinajstić information content (AvgIpc) is 3.08. The number of rotatable bonds is 6. The molecule has 0 unspecified atom stereocenters. The van der Waals surface area contributed by atoms with Gasteiger partial charge in [0.1, 0.15) is 0 Å². The first kappa shape index (κ1) is 22.3. The van der Waals surface area contributed by atoms with Crippen LogP contribution in [0.3, 0.4) is 0 Å². The lowest BCUT2D eigenvalue weighted by atomic mass is 9.94. The van der Waals surface area contributed by atoms with Crippen molar-refractivity contribution in [3.05, 3.63) is 52.8 Å². The van der Waals surface area contributed by atoms with Gasteiger partial charge in [-0.3, -0.25) is 14.6 Å². The molecule has 1 aromatic heterocycles. The number of aryl methyl sites for hydroxylation is 1. The fourth-order valence-corrected chi connectivity index (χ4v) is 4.30. The van der Waals surface area contributed by atoms with Crippen LogP contribution in [0.5, 0.6) is 0 Å². The molecule has 0 saturated heterocycles. The summed E-state index contributed by atoms with van der Waals surface area (Å²) in [6, 6.07) is 8.82. The van der Waals surface area contributed by atoms with Gasteiger partial charge in [-0.25, -0.2) is 0 Å². The smallest absolute Gasteiger partial charge is 0.193 e. The van der Waals surface area contributed by atoms with Crippen LogP contribution in [0, 0.1) is 0 Å². The van der Waals surface area contributed by atoms with Gasteiger partial charge in [-0.05, 0) is 37.3 Å². The van der Waals surface area contributed by atoms with Crippen molar-refractivity contribution in [3.8, 4) is 0 Å². The Morgan fingerprint density at radius 1 is 1.27 bits per heavy atom. The number of nitrogens with zero attached hydrogens (tertiary/aromatic N) is 5. The first-order chi connectivity index (χ1) is 14.2. The van der Waals surface area contributed by atoms with E-state index in [1.807, 2.05) is 18.8 Å². The number of aromatic nitrogens is 2. The number of guanidine groups is 1. The molecule has 2 aromatic rings. The summed E-state index contributed by atoms with van der Waals surface area (Å²) < 4.78 is 1.91. The van der Waals surface area contributed by atoms with E-state index < -0.39 is 0 Å². The monoisotopic (exact) mass is 410 g/mol. The molecular weight excluding hydrogens is 372 g/mol. The highest BCUT2D eigenvalue weighted by Crippen LogP contribution is 2.25. The van der Waals surface area contributed by atoms with Crippen molar-refractivity contribution in [1.29, 1.82) is 0 Å². The molecule has 1 aromatic carbocycles. The third-order valence-corrected chi connectivity index (χ3v) is 6.13. The minimum atomic E-state index is 0.0295. The Kier molecular flexibility index (Phi) is 6.86. The van der Waals surface area contributed by atoms with Crippen molar-refractivity contribution in [1.82, 2.24) is 24.9 Å². The van der Waals surface area contributed by atoms with Crippen LogP contribution < -0.4 is 5.32 Å². The Hall–Kier alpha value is -2.34. The van der Waals surface area contributed by atoms with Crippen molar-refractivity contribution in [2.45, 2.75) is 58.7 Å². The number of hydrogen-bond donors (Lipinski definition) is 1. The average molecular weight is 411 g/mol. The van der Waals surface area contributed by atoms with E-state index >= 15 is 0 Å². The van der Waals surface area contributed by atoms with Gasteiger partial charge < -0.3 is 10.2 Å². The molecule has 0 amide bonds. The fraction of sp³-hybridized carbons (Fsp3) is 0.583. The van der Waals surface area contributed by atoms with E-state index in [1.165, 1.54) is 16.7 Å². The lowest BCUT2D eigenvalue weighted by Crippen LogP contribution is -2.54. The Morgan fingerprint density at radius 2 is 1.97 bits per heavy atom. The van der Waals surface area contributed by atoms with E-state index in [0.29, 0.717) is 5.92 Å². The standard InChI is InChI=1S/C24H38N6/c1-18(2)22-21(15-29(7)27-22)14-28(6)23(25-5)26-17-24(3,4)30-13-12-19-10-8-9-11-20(19)16-30/h8-11,15,18H,12-14,16-17H2,1-7H3,(H,25,26). The maximum atomic E-state index is 4.64. The van der Waals surface area contributed by atoms with Gasteiger partial charge in [0, 0.05) is 64.6 Å². The van der Waals surface area contributed by atoms with Crippen LogP contribution in [0.4, 0.5) is 0 Å². The predicted octanol–water partition coefficient (Wildman–Crippen LogP) is 3.39. The van der Waals surface area contributed by atoms with E-state index in [9.17, 15) is 0 Å². The minimum absolute atomic E-state index is 0.0295. The number of benzene rings is 1. The Balaban J connectivity index is 1.62. The molecule has 0 radical (unpaired) electrons. The normalized spacial score (nSPS) is 15.4. The van der Waals surface area contributed by atoms with Crippen molar-refractivity contribution < 1.29 is 0 Å². The number of hydrogen-bond acceptors (Lipinski definition) is 3. The molecule has 0 fully saturated rings. The molecule has 0 atom stereocenters. The van der Waals surface area contributed by atoms with Gasteiger partial charge in [0.2, 0.25) is 0 Å². The SMILES string of the molecule is CN=C(NCC(C)(C)N1CCc2ccccc2C1)N(C)Cc1cn(C)nc1C(C)C. The molecule has 0 spiro atoms. The van der Waals surface area contributed by atoms with Crippen LogP contribution >= 0.6 is 0 Å². The fourth-order valence-electron chi connectivity index (χ4n) is 4.30. The molecule has 0 bridgehead atoms. The summed E-state index contributed by atoms with van der Waals surface area (Å²) >= 11 is 0. The third-order valence-electron chi connectivity index (χ3n) is 6.13. The summed E-state index contributed by atoms with van der Waals surface area (Å²) in [6.45, 7) is 12.8. The Morgan fingerprint density at radius 3 is 2.63 bits per heavy atom. The summed E-state index contributed by atoms with van der Waals surface area (Å²) in [4.78, 5) is 9.30. The second kappa shape index (κ2) is 9.21. The van der Waals surface area contributed by atoms with E-state index in [2.05, 4.69) is 90.4 Å². The van der Waals surface area contributed by atoms with Gasteiger partial charge in [-0.15, -0.1) is 0 Å². The van der Waals surface area contributed by atoms with Crippen LogP contribution in [0.15, 0.2) is 35.5 Å². The Labute approximate surface area is 182 Å². The van der Waals surface area contributed by atoms with E-state index in [-0.39, 0.29) is 5.54 Å². The summed E-state index contributed by atoms with van der Waals surface area (Å²) in [5.74, 6) is 1.32. The van der Waals surface area contributed by atoms with Crippen molar-refractivity contribution in [2.24, 2.45) is 12.0 Å². The maximum absolute atomic E-state index is 4.64. The molecule has 1 aliphatic heterocycles. The van der Waals surface area contributed by atoms with Gasteiger partial charge in [0.15, 0.2) is 5.96 Å². The highest BCUT2D eigenvalue weighted by molar-refractivity contribution is 5.79. The van der Waals surface area contributed by atoms with E-state index in [4.69, 9.17) is 0 Å². The zero-order valence-corrected chi connectivity index (χ0v) is 19.7. The molecule has 0 saturated carbocycles. The molecule has 6 heteroatoms. The van der Waals surface area contributed by atoms with Crippen LogP contribution in [-0.4, -0.2) is 58.3 Å². The summed E-state index contributed by atoms with van der Waals surface area (Å²) in [5, 5.41) is 8.25. The van der Waals surface area contributed by atoms with Gasteiger partial charge in [-0.1, -0.05) is 38.1 Å². The van der Waals surface area contributed by atoms with Gasteiger partial charge in [0.25, 0.3) is 0 Å². The molecule has 3 rings (SSSR count). The Bertz CT molecular complexity index is 880. The summed E-state index contributed by atoms with van der Waals surface area (Å²) in [5.41, 5.74) is 5.39. The number of fused-ring (bicyclic) bond motifs is 1. The zero-order chi connectivity index (χ0) is 21.9. The number of nitrogens with one attached hydrogen (secondary N) is 1. The van der Waals surface area contributed by atoms with Crippen LogP contribution in [-0.2, 0) is 26.6 Å². The first-order valence-corrected chi connectivity index (χ1v) is 11.0. The molecule has 1 N–H and O–H groups in total. The van der Waals surface area contributed by atoms with Crippen molar-refractivity contribution >= 4 is 5.96 Å². The maximum Gasteiger partial charge on any atom is 0.193 e. The van der Waals surface area contributed by atoms with Crippen LogP contribution in [0.1, 0.15) is 56.0 Å². The third kappa shape index (κ3) is 5.04.